The summed E-state index contributed by atoms with van der Waals surface area (Å²) in [4.78, 5) is 25.3. The second kappa shape index (κ2) is 9.54. The molecule has 1 aliphatic heterocycles. The minimum Gasteiger partial charge on any atom is -0.394 e. The van der Waals surface area contributed by atoms with Crippen LogP contribution in [0, 0.1) is 6.92 Å². The van der Waals surface area contributed by atoms with E-state index >= 15 is 0 Å². The summed E-state index contributed by atoms with van der Waals surface area (Å²) in [5.41, 5.74) is 7.96. The molecular weight excluding hydrogens is 404 g/mol. The van der Waals surface area contributed by atoms with Crippen LogP contribution >= 0.6 is 0 Å². The van der Waals surface area contributed by atoms with Crippen molar-refractivity contribution in [2.24, 2.45) is 10.7 Å². The number of aromatic nitrogens is 2. The van der Waals surface area contributed by atoms with Crippen LogP contribution in [0.4, 0.5) is 22.9 Å². The highest BCUT2D eigenvalue weighted by Crippen LogP contribution is 2.38. The van der Waals surface area contributed by atoms with Gasteiger partial charge in [-0.25, -0.2) is 9.98 Å². The highest BCUT2D eigenvalue weighted by atomic mass is 16.4. The van der Waals surface area contributed by atoms with Gasteiger partial charge in [0.25, 0.3) is 5.56 Å². The van der Waals surface area contributed by atoms with Crippen LogP contribution in [-0.2, 0) is 0 Å². The Balaban J connectivity index is 2.11. The fourth-order valence-electron chi connectivity index (χ4n) is 3.37. The molecule has 2 heterocycles. The van der Waals surface area contributed by atoms with Crippen molar-refractivity contribution >= 4 is 29.5 Å². The van der Waals surface area contributed by atoms with E-state index in [2.05, 4.69) is 26.9 Å². The summed E-state index contributed by atoms with van der Waals surface area (Å²) in [5.74, 6) is 0.169. The number of aliphatic hydroxyl groups excluding tert-OH is 4. The smallest absolute Gasteiger partial charge is 0.279 e. The van der Waals surface area contributed by atoms with Crippen LogP contribution < -0.4 is 32.3 Å². The Bertz CT molecular complexity index is 1100. The molecule has 11 nitrogen and oxygen atoms in total. The van der Waals surface area contributed by atoms with Gasteiger partial charge in [-0.3, -0.25) is 4.79 Å². The number of aryl methyl sites for hydroxylation is 1. The number of fused-ring (bicyclic) bond motifs is 2. The van der Waals surface area contributed by atoms with Gasteiger partial charge in [0.2, 0.25) is 0 Å². The zero-order valence-electron chi connectivity index (χ0n) is 17.2. The minimum atomic E-state index is -1.61. The molecule has 0 radical (unpaired) electrons. The SMILES string of the molecule is C=c1nc2c(c(=O)[nH]1)=Nc1cc(C)c(NCCCN)cc1N2C[C@H](O)[C@H](O)[C@H](O)CO. The van der Waals surface area contributed by atoms with E-state index in [1.54, 1.807) is 11.0 Å². The lowest BCUT2D eigenvalue weighted by atomic mass is 10.1. The number of β-amino-alcohol motifs (C(OH)–C–C–N with tert-alkyl or cyclic N) is 1. The first-order chi connectivity index (χ1) is 14.8. The highest BCUT2D eigenvalue weighted by Gasteiger charge is 2.31. The summed E-state index contributed by atoms with van der Waals surface area (Å²) < 4.78 is 0. The molecule has 168 valence electrons. The van der Waals surface area contributed by atoms with Gasteiger partial charge in [0, 0.05) is 12.2 Å². The molecule has 1 aromatic heterocycles. The summed E-state index contributed by atoms with van der Waals surface area (Å²) >= 11 is 0. The maximum atomic E-state index is 12.5. The van der Waals surface area contributed by atoms with Crippen molar-refractivity contribution in [3.63, 3.8) is 0 Å². The number of nitrogens with two attached hydrogens (primary N) is 1. The summed E-state index contributed by atoms with van der Waals surface area (Å²) in [6, 6.07) is 3.62. The van der Waals surface area contributed by atoms with E-state index in [-0.39, 0.29) is 23.2 Å². The molecule has 0 fully saturated rings. The van der Waals surface area contributed by atoms with Crippen molar-refractivity contribution in [2.45, 2.75) is 31.7 Å². The summed E-state index contributed by atoms with van der Waals surface area (Å²) in [6.07, 6.45) is -3.81. The largest absolute Gasteiger partial charge is 0.394 e. The molecule has 0 amide bonds. The van der Waals surface area contributed by atoms with E-state index in [0.717, 1.165) is 17.7 Å². The van der Waals surface area contributed by atoms with Gasteiger partial charge in [0.05, 0.1) is 24.5 Å². The first kappa shape index (κ1) is 22.8. The fraction of sp³-hybridized carbons (Fsp3) is 0.450. The average molecular weight is 432 g/mol. The lowest BCUT2D eigenvalue weighted by molar-refractivity contribution is -0.0726. The van der Waals surface area contributed by atoms with Gasteiger partial charge in [0.1, 0.15) is 23.8 Å². The molecule has 0 unspecified atom stereocenters. The van der Waals surface area contributed by atoms with Crippen LogP contribution in [0.5, 0.6) is 0 Å². The molecule has 8 N–H and O–H groups in total. The Labute approximate surface area is 178 Å². The molecule has 1 aromatic carbocycles. The molecule has 3 atom stereocenters. The predicted octanol–water partition coefficient (Wildman–Crippen LogP) is -2.27. The number of nitrogens with zero attached hydrogens (tertiary/aromatic N) is 3. The molecular formula is C20H28N6O5. The first-order valence-electron chi connectivity index (χ1n) is 9.96. The molecule has 0 saturated carbocycles. The van der Waals surface area contributed by atoms with Crippen LogP contribution in [0.25, 0.3) is 6.58 Å². The molecule has 31 heavy (non-hydrogen) atoms. The van der Waals surface area contributed by atoms with E-state index in [4.69, 9.17) is 10.8 Å². The van der Waals surface area contributed by atoms with Gasteiger partial charge in [0.15, 0.2) is 11.2 Å². The number of H-pyrrole nitrogens is 1. The van der Waals surface area contributed by atoms with Crippen molar-refractivity contribution in [1.29, 1.82) is 0 Å². The second-order valence-corrected chi connectivity index (χ2v) is 7.44. The van der Waals surface area contributed by atoms with E-state index < -0.39 is 30.5 Å². The molecule has 0 aliphatic carbocycles. The number of rotatable bonds is 9. The number of aliphatic hydroxyl groups is 4. The Hall–Kier alpha value is -2.83. The van der Waals surface area contributed by atoms with Crippen LogP contribution in [0.1, 0.15) is 12.0 Å². The molecule has 0 bridgehead atoms. The molecule has 11 heteroatoms. The van der Waals surface area contributed by atoms with Crippen LogP contribution in [-0.4, -0.2) is 74.9 Å². The Morgan fingerprint density at radius 3 is 2.71 bits per heavy atom. The van der Waals surface area contributed by atoms with Crippen LogP contribution in [0.2, 0.25) is 0 Å². The fourth-order valence-corrected chi connectivity index (χ4v) is 3.37. The highest BCUT2D eigenvalue weighted by molar-refractivity contribution is 5.80. The van der Waals surface area contributed by atoms with E-state index in [1.807, 2.05) is 13.0 Å². The number of benzene rings is 1. The summed E-state index contributed by atoms with van der Waals surface area (Å²) in [5, 5.41) is 42.8. The number of hydrogen-bond donors (Lipinski definition) is 7. The maximum Gasteiger partial charge on any atom is 0.279 e. The zero-order chi connectivity index (χ0) is 22.7. The van der Waals surface area contributed by atoms with Gasteiger partial charge < -0.3 is 41.4 Å². The topological polar surface area (TPSA) is 180 Å². The van der Waals surface area contributed by atoms with Crippen molar-refractivity contribution in [1.82, 2.24) is 9.97 Å². The number of anilines is 3. The third kappa shape index (κ3) is 4.75. The maximum absolute atomic E-state index is 12.5. The van der Waals surface area contributed by atoms with Crippen molar-refractivity contribution in [3.05, 3.63) is 38.9 Å². The van der Waals surface area contributed by atoms with Crippen molar-refractivity contribution in [2.75, 3.05) is 36.5 Å². The minimum absolute atomic E-state index is 0.0486. The van der Waals surface area contributed by atoms with E-state index in [9.17, 15) is 20.1 Å². The first-order valence-corrected chi connectivity index (χ1v) is 9.96. The van der Waals surface area contributed by atoms with E-state index in [0.29, 0.717) is 24.5 Å². The third-order valence-corrected chi connectivity index (χ3v) is 5.07. The quantitative estimate of drug-likeness (QED) is 0.215. The van der Waals surface area contributed by atoms with Crippen molar-refractivity contribution in [3.8, 4) is 0 Å². The molecule has 3 rings (SSSR count). The summed E-state index contributed by atoms with van der Waals surface area (Å²) in [6.45, 7) is 5.85. The average Bonchev–Trinajstić information content (AvgIpc) is 2.73. The zero-order valence-corrected chi connectivity index (χ0v) is 17.2. The molecule has 0 saturated heterocycles. The summed E-state index contributed by atoms with van der Waals surface area (Å²) in [7, 11) is 0. The van der Waals surface area contributed by atoms with Gasteiger partial charge >= 0.3 is 0 Å². The van der Waals surface area contributed by atoms with Gasteiger partial charge in [-0.15, -0.1) is 0 Å². The number of nitrogens with one attached hydrogen (secondary N) is 2. The Kier molecular flexibility index (Phi) is 7.03. The van der Waals surface area contributed by atoms with Gasteiger partial charge in [-0.1, -0.05) is 6.58 Å². The van der Waals surface area contributed by atoms with Gasteiger partial charge in [-0.2, -0.15) is 0 Å². The lowest BCUT2D eigenvalue weighted by Gasteiger charge is -2.32. The monoisotopic (exact) mass is 432 g/mol. The van der Waals surface area contributed by atoms with Gasteiger partial charge in [-0.05, 0) is 37.6 Å². The van der Waals surface area contributed by atoms with E-state index in [1.165, 1.54) is 0 Å². The normalized spacial score (nSPS) is 15.5. The predicted molar refractivity (Wildman–Crippen MR) is 116 cm³/mol. The lowest BCUT2D eigenvalue weighted by Crippen LogP contribution is -2.48. The second-order valence-electron chi connectivity index (χ2n) is 7.44. The third-order valence-electron chi connectivity index (χ3n) is 5.07. The molecule has 2 aromatic rings. The molecule has 0 spiro atoms. The number of aromatic amines is 1. The van der Waals surface area contributed by atoms with Crippen LogP contribution in [0.3, 0.4) is 0 Å². The van der Waals surface area contributed by atoms with Crippen molar-refractivity contribution < 1.29 is 20.4 Å². The standard InChI is InChI=1S/C20H28N6O5/c1-10-6-13-14(7-12(10)22-5-3-4-21)26(8-15(28)18(30)16(29)9-27)19-17(25-13)20(31)24-11(2)23-19/h6-7,15-16,18,22,27-30H,2-5,8-9,21H2,1H3,(H,24,31)/t15-,16+,18-/m0/s1. The number of hydrogen-bond acceptors (Lipinski definition) is 10. The Morgan fingerprint density at radius 2 is 2.03 bits per heavy atom. The Morgan fingerprint density at radius 1 is 1.29 bits per heavy atom. The molecule has 1 aliphatic rings. The van der Waals surface area contributed by atoms with Crippen LogP contribution in [0.15, 0.2) is 21.9 Å².